The number of amides is 2. The third-order valence-electron chi connectivity index (χ3n) is 2.98. The molecule has 0 saturated carbocycles. The van der Waals surface area contributed by atoms with Gasteiger partial charge in [0.05, 0.1) is 18.5 Å². The minimum absolute atomic E-state index is 0.256. The van der Waals surface area contributed by atoms with Crippen LogP contribution < -0.4 is 15.4 Å². The van der Waals surface area contributed by atoms with Crippen molar-refractivity contribution in [3.8, 4) is 5.75 Å². The van der Waals surface area contributed by atoms with Crippen molar-refractivity contribution < 1.29 is 18.5 Å². The van der Waals surface area contributed by atoms with Crippen molar-refractivity contribution in [2.24, 2.45) is 0 Å². The Kier molecular flexibility index (Phi) is 7.09. The van der Waals surface area contributed by atoms with E-state index in [0.29, 0.717) is 23.7 Å². The average Bonchev–Trinajstić information content (AvgIpc) is 2.57. The van der Waals surface area contributed by atoms with Gasteiger partial charge in [0, 0.05) is 22.7 Å². The monoisotopic (exact) mass is 361 g/mol. The van der Waals surface area contributed by atoms with Crippen LogP contribution in [0.5, 0.6) is 5.75 Å². The lowest BCUT2D eigenvalue weighted by molar-refractivity contribution is -0.114. The second-order valence-electron chi connectivity index (χ2n) is 5.02. The first kappa shape index (κ1) is 18.6. The first-order valence-corrected chi connectivity index (χ1v) is 9.13. The Labute approximate surface area is 148 Å². The largest absolute Gasteiger partial charge is 0.494 e. The van der Waals surface area contributed by atoms with Gasteiger partial charge in [0.2, 0.25) is 11.8 Å². The number of hydrogen-bond donors (Lipinski definition) is 2. The Morgan fingerprint density at radius 2 is 1.68 bits per heavy atom. The molecule has 0 aliphatic rings. The van der Waals surface area contributed by atoms with Crippen molar-refractivity contribution in [2.45, 2.75) is 6.92 Å². The van der Waals surface area contributed by atoms with Crippen LogP contribution in [0.2, 0.25) is 0 Å². The molecule has 2 aromatic rings. The molecule has 0 unspecified atom stereocenters. The molecule has 0 bridgehead atoms. The van der Waals surface area contributed by atoms with E-state index in [1.165, 1.54) is 6.20 Å². The summed E-state index contributed by atoms with van der Waals surface area (Å²) in [6, 6.07) is 10.2. The lowest BCUT2D eigenvalue weighted by atomic mass is 10.3. The SMILES string of the molecule is CCOc1ccc(NC(=O)C[S@@](=O)CC(=O)Nc2cccnc2)cc1. The highest BCUT2D eigenvalue weighted by Crippen LogP contribution is 2.15. The van der Waals surface area contributed by atoms with Gasteiger partial charge in [0.1, 0.15) is 17.3 Å². The lowest BCUT2D eigenvalue weighted by Crippen LogP contribution is -2.26. The molecule has 25 heavy (non-hydrogen) atoms. The Bertz CT molecular complexity index is 735. The molecule has 1 heterocycles. The van der Waals surface area contributed by atoms with Crippen LogP contribution in [-0.2, 0) is 20.4 Å². The summed E-state index contributed by atoms with van der Waals surface area (Å²) in [5.74, 6) is -0.660. The molecule has 0 radical (unpaired) electrons. The molecule has 7 nitrogen and oxygen atoms in total. The molecular weight excluding hydrogens is 342 g/mol. The molecule has 0 aliphatic heterocycles. The number of carbonyl (C=O) groups excluding carboxylic acids is 2. The van der Waals surface area contributed by atoms with E-state index in [1.54, 1.807) is 42.6 Å². The number of nitrogens with one attached hydrogen (secondary N) is 2. The zero-order valence-corrected chi connectivity index (χ0v) is 14.5. The minimum Gasteiger partial charge on any atom is -0.494 e. The predicted octanol–water partition coefficient (Wildman–Crippen LogP) is 1.81. The number of anilines is 2. The Hall–Kier alpha value is -2.74. The van der Waals surface area contributed by atoms with Crippen LogP contribution in [0, 0.1) is 0 Å². The van der Waals surface area contributed by atoms with Gasteiger partial charge < -0.3 is 15.4 Å². The molecule has 1 aromatic heterocycles. The van der Waals surface area contributed by atoms with E-state index in [2.05, 4.69) is 15.6 Å². The fraction of sp³-hybridized carbons (Fsp3) is 0.235. The van der Waals surface area contributed by atoms with Crippen molar-refractivity contribution in [2.75, 3.05) is 28.7 Å². The Morgan fingerprint density at radius 3 is 2.24 bits per heavy atom. The topological polar surface area (TPSA) is 97.4 Å². The molecule has 2 amide bonds. The van der Waals surface area contributed by atoms with Gasteiger partial charge in [-0.2, -0.15) is 0 Å². The van der Waals surface area contributed by atoms with E-state index in [-0.39, 0.29) is 11.5 Å². The molecule has 2 N–H and O–H groups in total. The number of benzene rings is 1. The fourth-order valence-electron chi connectivity index (χ4n) is 1.98. The van der Waals surface area contributed by atoms with Gasteiger partial charge in [-0.25, -0.2) is 0 Å². The summed E-state index contributed by atoms with van der Waals surface area (Å²) < 4.78 is 17.3. The van der Waals surface area contributed by atoms with Gasteiger partial charge in [0.25, 0.3) is 0 Å². The molecule has 0 fully saturated rings. The number of carbonyl (C=O) groups is 2. The Balaban J connectivity index is 1.77. The maximum atomic E-state index is 11.9. The van der Waals surface area contributed by atoms with Crippen LogP contribution >= 0.6 is 0 Å². The summed E-state index contributed by atoms with van der Waals surface area (Å²) in [7, 11) is -1.60. The maximum Gasteiger partial charge on any atom is 0.237 e. The van der Waals surface area contributed by atoms with Gasteiger partial charge in [-0.15, -0.1) is 0 Å². The summed E-state index contributed by atoms with van der Waals surface area (Å²) in [6.07, 6.45) is 3.07. The molecular formula is C17H19N3O4S. The van der Waals surface area contributed by atoms with E-state index in [4.69, 9.17) is 4.74 Å². The van der Waals surface area contributed by atoms with Gasteiger partial charge in [-0.1, -0.05) is 0 Å². The van der Waals surface area contributed by atoms with E-state index >= 15 is 0 Å². The number of pyridine rings is 1. The number of ether oxygens (including phenoxy) is 1. The fourth-order valence-corrected chi connectivity index (χ4v) is 2.81. The normalized spacial score (nSPS) is 11.4. The van der Waals surface area contributed by atoms with Crippen molar-refractivity contribution >= 4 is 34.0 Å². The molecule has 0 spiro atoms. The lowest BCUT2D eigenvalue weighted by Gasteiger charge is -2.07. The number of aromatic nitrogens is 1. The van der Waals surface area contributed by atoms with Crippen LogP contribution in [-0.4, -0.2) is 39.1 Å². The first-order valence-electron chi connectivity index (χ1n) is 7.64. The molecule has 1 atom stereocenters. The number of nitrogens with zero attached hydrogens (tertiary/aromatic N) is 1. The quantitative estimate of drug-likeness (QED) is 0.747. The molecule has 2 rings (SSSR count). The van der Waals surface area contributed by atoms with Crippen LogP contribution in [0.15, 0.2) is 48.8 Å². The smallest absolute Gasteiger partial charge is 0.237 e. The van der Waals surface area contributed by atoms with Crippen molar-refractivity contribution in [3.05, 3.63) is 48.8 Å². The Morgan fingerprint density at radius 1 is 1.04 bits per heavy atom. The first-order chi connectivity index (χ1) is 12.1. The third-order valence-corrected chi connectivity index (χ3v) is 4.15. The van der Waals surface area contributed by atoms with Crippen molar-refractivity contribution in [3.63, 3.8) is 0 Å². The summed E-state index contributed by atoms with van der Waals surface area (Å²) in [6.45, 7) is 2.45. The average molecular weight is 361 g/mol. The highest BCUT2D eigenvalue weighted by atomic mass is 32.2. The van der Waals surface area contributed by atoms with Gasteiger partial charge in [0.15, 0.2) is 0 Å². The second-order valence-corrected chi connectivity index (χ2v) is 6.48. The van der Waals surface area contributed by atoms with E-state index in [1.807, 2.05) is 6.92 Å². The summed E-state index contributed by atoms with van der Waals surface area (Å²) >= 11 is 0. The number of hydrogen-bond acceptors (Lipinski definition) is 5. The predicted molar refractivity (Wildman–Crippen MR) is 97.0 cm³/mol. The third kappa shape index (κ3) is 6.72. The summed E-state index contributed by atoms with van der Waals surface area (Å²) in [5, 5.41) is 5.21. The minimum atomic E-state index is -1.60. The molecule has 132 valence electrons. The molecule has 0 saturated heterocycles. The standard InChI is InChI=1S/C17H19N3O4S/c1-2-24-15-7-5-13(6-8-15)19-16(21)11-25(23)12-17(22)20-14-4-3-9-18-10-14/h3-10H,2,11-12H2,1H3,(H,19,21)(H,20,22)/t25-/m1/s1. The molecule has 8 heteroatoms. The van der Waals surface area contributed by atoms with Crippen LogP contribution in [0.25, 0.3) is 0 Å². The number of rotatable bonds is 8. The summed E-state index contributed by atoms with van der Waals surface area (Å²) in [5.41, 5.74) is 1.09. The van der Waals surface area contributed by atoms with E-state index in [0.717, 1.165) is 0 Å². The van der Waals surface area contributed by atoms with E-state index < -0.39 is 22.6 Å². The van der Waals surface area contributed by atoms with E-state index in [9.17, 15) is 13.8 Å². The van der Waals surface area contributed by atoms with Crippen LogP contribution in [0.3, 0.4) is 0 Å². The van der Waals surface area contributed by atoms with Crippen molar-refractivity contribution in [1.29, 1.82) is 0 Å². The zero-order chi connectivity index (χ0) is 18.1. The molecule has 1 aromatic carbocycles. The van der Waals surface area contributed by atoms with Crippen LogP contribution in [0.1, 0.15) is 6.92 Å². The zero-order valence-electron chi connectivity index (χ0n) is 13.7. The van der Waals surface area contributed by atoms with Gasteiger partial charge in [-0.05, 0) is 43.3 Å². The summed E-state index contributed by atoms with van der Waals surface area (Å²) in [4.78, 5) is 27.5. The molecule has 0 aliphatic carbocycles. The van der Waals surface area contributed by atoms with Crippen molar-refractivity contribution in [1.82, 2.24) is 4.98 Å². The van der Waals surface area contributed by atoms with Gasteiger partial charge >= 0.3 is 0 Å². The highest BCUT2D eigenvalue weighted by Gasteiger charge is 2.13. The highest BCUT2D eigenvalue weighted by molar-refractivity contribution is 7.86. The van der Waals surface area contributed by atoms with Crippen LogP contribution in [0.4, 0.5) is 11.4 Å². The van der Waals surface area contributed by atoms with Gasteiger partial charge in [-0.3, -0.25) is 18.8 Å². The second kappa shape index (κ2) is 9.53. The maximum absolute atomic E-state index is 11.9.